The summed E-state index contributed by atoms with van der Waals surface area (Å²) >= 11 is 0. The van der Waals surface area contributed by atoms with Crippen molar-refractivity contribution in [2.24, 2.45) is 5.41 Å². The second-order valence-electron chi connectivity index (χ2n) is 2.80. The molecule has 5 heteroatoms. The third-order valence-electron chi connectivity index (χ3n) is 2.18. The molecule has 0 aliphatic carbocycles. The first-order valence-corrected chi connectivity index (χ1v) is 3.38. The van der Waals surface area contributed by atoms with Crippen molar-refractivity contribution in [3.05, 3.63) is 0 Å². The normalized spacial score (nSPS) is 27.3. The highest BCUT2D eigenvalue weighted by molar-refractivity contribution is 4.89. The van der Waals surface area contributed by atoms with Gasteiger partial charge in [0.1, 0.15) is 0 Å². The molecule has 1 aliphatic heterocycles. The highest BCUT2D eigenvalue weighted by Crippen LogP contribution is 2.39. The number of aliphatic hydroxyl groups excluding tert-OH is 2. The van der Waals surface area contributed by atoms with Gasteiger partial charge in [0, 0.05) is 0 Å². The van der Waals surface area contributed by atoms with Crippen LogP contribution in [-0.4, -0.2) is 46.2 Å². The highest BCUT2D eigenvalue weighted by Gasteiger charge is 2.54. The molecule has 0 atom stereocenters. The van der Waals surface area contributed by atoms with E-state index in [1.165, 1.54) is 0 Å². The van der Waals surface area contributed by atoms with Crippen LogP contribution in [-0.2, 0) is 4.74 Å². The van der Waals surface area contributed by atoms with E-state index in [0.717, 1.165) is 0 Å². The monoisotopic (exact) mass is 164 g/mol. The lowest BCUT2D eigenvalue weighted by atomic mass is 9.86. The summed E-state index contributed by atoms with van der Waals surface area (Å²) < 4.78 is 4.53. The van der Waals surface area contributed by atoms with Gasteiger partial charge in [0.2, 0.25) is 0 Å². The van der Waals surface area contributed by atoms with Crippen LogP contribution in [0.1, 0.15) is 6.42 Å². The summed E-state index contributed by atoms with van der Waals surface area (Å²) in [5.74, 6) is -2.39. The maximum atomic E-state index is 9.12. The fourth-order valence-corrected chi connectivity index (χ4v) is 1.12. The van der Waals surface area contributed by atoms with E-state index in [0.29, 0.717) is 0 Å². The van der Waals surface area contributed by atoms with Crippen LogP contribution >= 0.6 is 0 Å². The van der Waals surface area contributed by atoms with Gasteiger partial charge in [-0.05, 0) is 6.42 Å². The predicted molar refractivity (Wildman–Crippen MR) is 34.3 cm³/mol. The van der Waals surface area contributed by atoms with Crippen LogP contribution in [0.15, 0.2) is 0 Å². The lowest BCUT2D eigenvalue weighted by Crippen LogP contribution is -2.49. The average Bonchev–Trinajstić information content (AvgIpc) is 2.26. The van der Waals surface area contributed by atoms with Crippen molar-refractivity contribution in [1.82, 2.24) is 0 Å². The van der Waals surface area contributed by atoms with Gasteiger partial charge in [-0.25, -0.2) is 0 Å². The van der Waals surface area contributed by atoms with Crippen molar-refractivity contribution in [2.45, 2.75) is 12.4 Å². The number of rotatable bonds is 2. The zero-order valence-electron chi connectivity index (χ0n) is 6.03. The third kappa shape index (κ3) is 1.15. The second kappa shape index (κ2) is 2.69. The van der Waals surface area contributed by atoms with Crippen molar-refractivity contribution < 1.29 is 25.2 Å². The Labute approximate surface area is 63.8 Å². The summed E-state index contributed by atoms with van der Waals surface area (Å²) in [6.07, 6.45) is 0.243. The summed E-state index contributed by atoms with van der Waals surface area (Å²) in [6.45, 7) is -0.874. The third-order valence-corrected chi connectivity index (χ3v) is 2.18. The number of hydrogen-bond acceptors (Lipinski definition) is 5. The first kappa shape index (κ1) is 8.89. The van der Waals surface area contributed by atoms with Crippen LogP contribution in [0.2, 0.25) is 0 Å². The Balaban J connectivity index is 2.81. The molecule has 1 rings (SSSR count). The minimum absolute atomic E-state index is 0.133. The number of ether oxygens (including phenoxy) is 1. The molecule has 0 aromatic carbocycles. The van der Waals surface area contributed by atoms with Crippen molar-refractivity contribution in [2.75, 3.05) is 19.8 Å². The summed E-state index contributed by atoms with van der Waals surface area (Å²) in [4.78, 5) is 0. The molecule has 0 radical (unpaired) electrons. The lowest BCUT2D eigenvalue weighted by Gasteiger charge is -2.32. The lowest BCUT2D eigenvalue weighted by molar-refractivity contribution is -0.369. The molecule has 0 amide bonds. The highest BCUT2D eigenvalue weighted by atomic mass is 16.8. The Morgan fingerprint density at radius 3 is 1.91 bits per heavy atom. The Kier molecular flexibility index (Phi) is 2.17. The van der Waals surface area contributed by atoms with Crippen molar-refractivity contribution >= 4 is 0 Å². The van der Waals surface area contributed by atoms with Crippen LogP contribution < -0.4 is 0 Å². The Morgan fingerprint density at radius 1 is 1.18 bits per heavy atom. The zero-order valence-corrected chi connectivity index (χ0v) is 6.03. The first-order valence-electron chi connectivity index (χ1n) is 3.38. The van der Waals surface area contributed by atoms with E-state index < -0.39 is 24.6 Å². The number of aliphatic hydroxyl groups is 4. The fraction of sp³-hybridized carbons (Fsp3) is 1.00. The summed E-state index contributed by atoms with van der Waals surface area (Å²) in [6, 6.07) is 0. The van der Waals surface area contributed by atoms with E-state index in [4.69, 9.17) is 20.4 Å². The standard InChI is InChI=1S/C6H12O5/c7-3-5(4-8)1-2-11-6(5,9)10/h7-10H,1-4H2. The van der Waals surface area contributed by atoms with E-state index in [1.807, 2.05) is 0 Å². The van der Waals surface area contributed by atoms with Gasteiger partial charge in [0.15, 0.2) is 0 Å². The van der Waals surface area contributed by atoms with Gasteiger partial charge < -0.3 is 25.2 Å². The zero-order chi connectivity index (χ0) is 8.54. The van der Waals surface area contributed by atoms with Gasteiger partial charge in [-0.3, -0.25) is 0 Å². The smallest absolute Gasteiger partial charge is 0.288 e. The molecule has 1 aliphatic rings. The maximum absolute atomic E-state index is 9.12. The van der Waals surface area contributed by atoms with Crippen LogP contribution in [0.4, 0.5) is 0 Å². The quantitative estimate of drug-likeness (QED) is 0.355. The molecule has 1 saturated heterocycles. The van der Waals surface area contributed by atoms with Gasteiger partial charge in [-0.2, -0.15) is 0 Å². The fourth-order valence-electron chi connectivity index (χ4n) is 1.12. The van der Waals surface area contributed by atoms with Crippen molar-refractivity contribution in [3.8, 4) is 0 Å². The topological polar surface area (TPSA) is 90.2 Å². The number of hydrogen-bond donors (Lipinski definition) is 4. The van der Waals surface area contributed by atoms with E-state index in [1.54, 1.807) is 0 Å². The van der Waals surface area contributed by atoms with Gasteiger partial charge in [0.05, 0.1) is 25.2 Å². The minimum Gasteiger partial charge on any atom is -0.395 e. The Bertz CT molecular complexity index is 140. The Morgan fingerprint density at radius 2 is 1.73 bits per heavy atom. The molecule has 0 aromatic rings. The van der Waals surface area contributed by atoms with Crippen LogP contribution in [0, 0.1) is 5.41 Å². The SMILES string of the molecule is OCC1(CO)CCOC1(O)O. The summed E-state index contributed by atoms with van der Waals surface area (Å²) in [7, 11) is 0. The van der Waals surface area contributed by atoms with Crippen LogP contribution in [0.25, 0.3) is 0 Å². The van der Waals surface area contributed by atoms with Crippen molar-refractivity contribution in [3.63, 3.8) is 0 Å². The summed E-state index contributed by atoms with van der Waals surface area (Å²) in [5, 5.41) is 35.8. The van der Waals surface area contributed by atoms with Gasteiger partial charge in [0.25, 0.3) is 5.97 Å². The second-order valence-corrected chi connectivity index (χ2v) is 2.80. The molecule has 4 N–H and O–H groups in total. The van der Waals surface area contributed by atoms with E-state index in [-0.39, 0.29) is 13.0 Å². The van der Waals surface area contributed by atoms with Gasteiger partial charge in [-0.15, -0.1) is 0 Å². The molecule has 66 valence electrons. The van der Waals surface area contributed by atoms with Crippen LogP contribution in [0.5, 0.6) is 0 Å². The first-order chi connectivity index (χ1) is 5.08. The molecule has 1 fully saturated rings. The molecule has 0 spiro atoms. The maximum Gasteiger partial charge on any atom is 0.288 e. The minimum atomic E-state index is -2.39. The van der Waals surface area contributed by atoms with E-state index in [2.05, 4.69) is 4.74 Å². The largest absolute Gasteiger partial charge is 0.395 e. The molecule has 0 aromatic heterocycles. The molecule has 0 unspecified atom stereocenters. The molecule has 0 bridgehead atoms. The van der Waals surface area contributed by atoms with Crippen molar-refractivity contribution in [1.29, 1.82) is 0 Å². The Hall–Kier alpha value is -0.200. The summed E-state index contributed by atoms with van der Waals surface area (Å²) in [5.41, 5.74) is -1.33. The van der Waals surface area contributed by atoms with E-state index in [9.17, 15) is 0 Å². The molecule has 5 nitrogen and oxygen atoms in total. The van der Waals surface area contributed by atoms with Crippen LogP contribution in [0.3, 0.4) is 0 Å². The van der Waals surface area contributed by atoms with Gasteiger partial charge in [-0.1, -0.05) is 0 Å². The van der Waals surface area contributed by atoms with Gasteiger partial charge >= 0.3 is 0 Å². The average molecular weight is 164 g/mol. The molecular weight excluding hydrogens is 152 g/mol. The molecule has 11 heavy (non-hydrogen) atoms. The molecule has 1 heterocycles. The predicted octanol–water partition coefficient (Wildman–Crippen LogP) is -1.98. The van der Waals surface area contributed by atoms with E-state index >= 15 is 0 Å². The molecule has 0 saturated carbocycles. The molecular formula is C6H12O5.